The van der Waals surface area contributed by atoms with Crippen molar-refractivity contribution in [2.45, 2.75) is 18.9 Å². The van der Waals surface area contributed by atoms with E-state index in [0.29, 0.717) is 13.2 Å². The van der Waals surface area contributed by atoms with Crippen LogP contribution in [0.3, 0.4) is 0 Å². The number of ether oxygens (including phenoxy) is 1. The van der Waals surface area contributed by atoms with Gasteiger partial charge in [-0.1, -0.05) is 18.2 Å². The van der Waals surface area contributed by atoms with E-state index in [1.807, 2.05) is 48.7 Å². The maximum Gasteiger partial charge on any atom is 0.119 e. The van der Waals surface area contributed by atoms with E-state index in [0.717, 1.165) is 16.2 Å². The summed E-state index contributed by atoms with van der Waals surface area (Å²) >= 11 is 1.55. The molecule has 0 aliphatic rings. The second-order valence-electron chi connectivity index (χ2n) is 4.30. The molecule has 0 amide bonds. The lowest BCUT2D eigenvalue weighted by atomic mass is 9.92. The predicted molar refractivity (Wildman–Crippen MR) is 78.7 cm³/mol. The molecule has 2 aromatic rings. The van der Waals surface area contributed by atoms with Crippen molar-refractivity contribution < 1.29 is 9.84 Å². The molecule has 3 nitrogen and oxygen atoms in total. The number of benzene rings is 1. The molecule has 0 fully saturated rings. The Morgan fingerprint density at radius 1 is 1.26 bits per heavy atom. The lowest BCUT2D eigenvalue weighted by Gasteiger charge is -2.21. The van der Waals surface area contributed by atoms with Crippen LogP contribution in [0.5, 0.6) is 5.75 Å². The van der Waals surface area contributed by atoms with E-state index >= 15 is 0 Å². The molecule has 19 heavy (non-hydrogen) atoms. The van der Waals surface area contributed by atoms with Crippen molar-refractivity contribution in [1.29, 1.82) is 0 Å². The van der Waals surface area contributed by atoms with Crippen molar-refractivity contribution in [2.75, 3.05) is 13.2 Å². The van der Waals surface area contributed by atoms with Crippen LogP contribution >= 0.6 is 11.3 Å². The van der Waals surface area contributed by atoms with Gasteiger partial charge in [-0.05, 0) is 36.1 Å². The molecule has 0 aliphatic carbocycles. The third-order valence-electron chi connectivity index (χ3n) is 3.09. The van der Waals surface area contributed by atoms with Gasteiger partial charge in [0.1, 0.15) is 5.75 Å². The SMILES string of the molecule is CCOc1ccc(C(CN)C(O)c2cccs2)cc1. The van der Waals surface area contributed by atoms with Crippen LogP contribution in [0.15, 0.2) is 41.8 Å². The van der Waals surface area contributed by atoms with E-state index in [-0.39, 0.29) is 5.92 Å². The lowest BCUT2D eigenvalue weighted by Crippen LogP contribution is -2.19. The molecule has 0 spiro atoms. The molecule has 0 aliphatic heterocycles. The fourth-order valence-electron chi connectivity index (χ4n) is 2.08. The van der Waals surface area contributed by atoms with Crippen LogP contribution in [0.1, 0.15) is 29.4 Å². The Bertz CT molecular complexity index is 481. The summed E-state index contributed by atoms with van der Waals surface area (Å²) in [6.07, 6.45) is -0.553. The average molecular weight is 277 g/mol. The first-order chi connectivity index (χ1) is 9.26. The quantitative estimate of drug-likeness (QED) is 0.853. The molecule has 1 aromatic carbocycles. The second kappa shape index (κ2) is 6.70. The Balaban J connectivity index is 2.17. The van der Waals surface area contributed by atoms with E-state index in [4.69, 9.17) is 10.5 Å². The van der Waals surface area contributed by atoms with Crippen molar-refractivity contribution in [3.63, 3.8) is 0 Å². The third kappa shape index (κ3) is 3.35. The van der Waals surface area contributed by atoms with E-state index in [1.54, 1.807) is 11.3 Å². The van der Waals surface area contributed by atoms with Crippen LogP contribution < -0.4 is 10.5 Å². The first-order valence-corrected chi connectivity index (χ1v) is 7.28. The number of hydrogen-bond acceptors (Lipinski definition) is 4. The summed E-state index contributed by atoms with van der Waals surface area (Å²) in [6.45, 7) is 3.02. The van der Waals surface area contributed by atoms with Crippen LogP contribution in [-0.4, -0.2) is 18.3 Å². The predicted octanol–water partition coefficient (Wildman–Crippen LogP) is 2.92. The van der Waals surface area contributed by atoms with Gasteiger partial charge in [-0.25, -0.2) is 0 Å². The number of hydrogen-bond donors (Lipinski definition) is 2. The Hall–Kier alpha value is -1.36. The minimum Gasteiger partial charge on any atom is -0.494 e. The highest BCUT2D eigenvalue weighted by atomic mass is 32.1. The first-order valence-electron chi connectivity index (χ1n) is 6.40. The molecule has 0 saturated carbocycles. The number of aliphatic hydroxyl groups is 1. The summed E-state index contributed by atoms with van der Waals surface area (Å²) in [5.74, 6) is 0.752. The highest BCUT2D eigenvalue weighted by Crippen LogP contribution is 2.33. The molecule has 4 heteroatoms. The van der Waals surface area contributed by atoms with Crippen molar-refractivity contribution >= 4 is 11.3 Å². The third-order valence-corrected chi connectivity index (χ3v) is 4.03. The second-order valence-corrected chi connectivity index (χ2v) is 5.28. The van der Waals surface area contributed by atoms with E-state index < -0.39 is 6.10 Å². The Labute approximate surface area is 117 Å². The Morgan fingerprint density at radius 2 is 2.00 bits per heavy atom. The molecule has 1 heterocycles. The molecule has 2 atom stereocenters. The molecule has 2 rings (SSSR count). The summed E-state index contributed by atoms with van der Waals surface area (Å²) in [7, 11) is 0. The van der Waals surface area contributed by atoms with E-state index in [2.05, 4.69) is 0 Å². The molecular formula is C15H19NO2S. The van der Waals surface area contributed by atoms with E-state index in [1.165, 1.54) is 0 Å². The molecule has 102 valence electrons. The van der Waals surface area contributed by atoms with E-state index in [9.17, 15) is 5.11 Å². The van der Waals surface area contributed by atoms with Gasteiger partial charge in [-0.3, -0.25) is 0 Å². The first kappa shape index (κ1) is 14.1. The molecule has 2 unspecified atom stereocenters. The maximum atomic E-state index is 10.4. The highest BCUT2D eigenvalue weighted by molar-refractivity contribution is 7.10. The highest BCUT2D eigenvalue weighted by Gasteiger charge is 2.22. The molecule has 1 aromatic heterocycles. The molecule has 0 bridgehead atoms. The van der Waals surface area contributed by atoms with Crippen LogP contribution in [0.2, 0.25) is 0 Å². The van der Waals surface area contributed by atoms with Crippen LogP contribution in [0.4, 0.5) is 0 Å². The molecule has 3 N–H and O–H groups in total. The number of nitrogens with two attached hydrogens (primary N) is 1. The zero-order chi connectivity index (χ0) is 13.7. The Kier molecular flexibility index (Phi) is 4.96. The zero-order valence-corrected chi connectivity index (χ0v) is 11.8. The van der Waals surface area contributed by atoms with Crippen LogP contribution in [-0.2, 0) is 0 Å². The normalized spacial score (nSPS) is 14.1. The standard InChI is InChI=1S/C15H19NO2S/c1-2-18-12-7-5-11(6-8-12)13(10-16)15(17)14-4-3-9-19-14/h3-9,13,15,17H,2,10,16H2,1H3. The Morgan fingerprint density at radius 3 is 2.53 bits per heavy atom. The van der Waals surface area contributed by atoms with Gasteiger partial charge in [-0.15, -0.1) is 11.3 Å². The maximum absolute atomic E-state index is 10.4. The summed E-state index contributed by atoms with van der Waals surface area (Å²) in [5.41, 5.74) is 6.86. The fourth-order valence-corrected chi connectivity index (χ4v) is 2.86. The summed E-state index contributed by atoms with van der Waals surface area (Å²) in [4.78, 5) is 0.948. The van der Waals surface area contributed by atoms with Gasteiger partial charge in [0.2, 0.25) is 0 Å². The number of rotatable bonds is 6. The summed E-state index contributed by atoms with van der Waals surface area (Å²) in [6, 6.07) is 11.7. The van der Waals surface area contributed by atoms with Crippen molar-refractivity contribution in [1.82, 2.24) is 0 Å². The van der Waals surface area contributed by atoms with Crippen molar-refractivity contribution in [3.8, 4) is 5.75 Å². The monoisotopic (exact) mass is 277 g/mol. The van der Waals surface area contributed by atoms with Crippen LogP contribution in [0, 0.1) is 0 Å². The largest absolute Gasteiger partial charge is 0.494 e. The fraction of sp³-hybridized carbons (Fsp3) is 0.333. The topological polar surface area (TPSA) is 55.5 Å². The van der Waals surface area contributed by atoms with Gasteiger partial charge in [0.15, 0.2) is 0 Å². The van der Waals surface area contributed by atoms with Gasteiger partial charge in [0.25, 0.3) is 0 Å². The van der Waals surface area contributed by atoms with Crippen molar-refractivity contribution in [2.24, 2.45) is 5.73 Å². The molecule has 0 saturated heterocycles. The van der Waals surface area contributed by atoms with Gasteiger partial charge < -0.3 is 15.6 Å². The van der Waals surface area contributed by atoms with Gasteiger partial charge in [-0.2, -0.15) is 0 Å². The minimum atomic E-state index is -0.553. The minimum absolute atomic E-state index is 0.0886. The number of thiophene rings is 1. The lowest BCUT2D eigenvalue weighted by molar-refractivity contribution is 0.151. The van der Waals surface area contributed by atoms with Crippen LogP contribution in [0.25, 0.3) is 0 Å². The summed E-state index contributed by atoms with van der Waals surface area (Å²) in [5, 5.41) is 12.4. The zero-order valence-electron chi connectivity index (χ0n) is 11.0. The van der Waals surface area contributed by atoms with Crippen molar-refractivity contribution in [3.05, 3.63) is 52.2 Å². The van der Waals surface area contributed by atoms with Gasteiger partial charge in [0, 0.05) is 17.3 Å². The smallest absolute Gasteiger partial charge is 0.119 e. The van der Waals surface area contributed by atoms with Gasteiger partial charge in [0.05, 0.1) is 12.7 Å². The number of aliphatic hydroxyl groups excluding tert-OH is 1. The van der Waals surface area contributed by atoms with Gasteiger partial charge >= 0.3 is 0 Å². The average Bonchev–Trinajstić information content (AvgIpc) is 2.96. The molecule has 0 radical (unpaired) electrons. The molecular weight excluding hydrogens is 258 g/mol. The summed E-state index contributed by atoms with van der Waals surface area (Å²) < 4.78 is 5.42.